The number of halogens is 4. The first-order valence-electron chi connectivity index (χ1n) is 8.31. The molecule has 2 aromatic rings. The Labute approximate surface area is 177 Å². The van der Waals surface area contributed by atoms with Crippen molar-refractivity contribution >= 4 is 52.3 Å². The second-order valence-corrected chi connectivity index (χ2v) is 7.61. The molecule has 1 aromatic heterocycles. The Morgan fingerprint density at radius 1 is 1.15 bits per heavy atom. The van der Waals surface area contributed by atoms with E-state index in [2.05, 4.69) is 27.3 Å². The average molecular weight is 449 g/mol. The van der Waals surface area contributed by atoms with Gasteiger partial charge in [0.2, 0.25) is 0 Å². The molecule has 0 saturated carbocycles. The highest BCUT2D eigenvalue weighted by molar-refractivity contribution is 6.52. The highest BCUT2D eigenvalue weighted by atomic mass is 35.5. The van der Waals surface area contributed by atoms with Gasteiger partial charge in [-0.15, -0.1) is 0 Å². The summed E-state index contributed by atoms with van der Waals surface area (Å²) >= 11 is 23.8. The number of nitrogens with one attached hydrogen (secondary N) is 1. The molecular formula is C18H17Cl4N3O2. The fourth-order valence-corrected chi connectivity index (χ4v) is 3.63. The lowest BCUT2D eigenvalue weighted by Crippen LogP contribution is -2.47. The predicted molar refractivity (Wildman–Crippen MR) is 108 cm³/mol. The standard InChI is InChI=1S/C18H17Cl4N3O2/c19-13-14(20)16(24-17(22)15(13)21)18(26)23-8-12-10-25(6-7-27-12)9-11-4-2-1-3-5-11/h1-5,12H,6-10H2,(H,23,26). The summed E-state index contributed by atoms with van der Waals surface area (Å²) in [6.07, 6.45) is -0.136. The van der Waals surface area contributed by atoms with E-state index in [-0.39, 0.29) is 32.0 Å². The van der Waals surface area contributed by atoms with Crippen LogP contribution in [0.15, 0.2) is 30.3 Å². The van der Waals surface area contributed by atoms with E-state index in [1.807, 2.05) is 18.2 Å². The van der Waals surface area contributed by atoms with Crippen LogP contribution >= 0.6 is 46.4 Å². The number of amides is 1. The van der Waals surface area contributed by atoms with Crippen molar-refractivity contribution in [1.29, 1.82) is 0 Å². The first-order chi connectivity index (χ1) is 13.0. The Morgan fingerprint density at radius 2 is 1.89 bits per heavy atom. The number of hydrogen-bond acceptors (Lipinski definition) is 4. The maximum absolute atomic E-state index is 12.4. The second kappa shape index (κ2) is 9.41. The van der Waals surface area contributed by atoms with Gasteiger partial charge in [0.15, 0.2) is 0 Å². The van der Waals surface area contributed by atoms with E-state index in [9.17, 15) is 4.79 Å². The summed E-state index contributed by atoms with van der Waals surface area (Å²) in [5.74, 6) is -0.482. The van der Waals surface area contributed by atoms with Crippen molar-refractivity contribution in [2.24, 2.45) is 0 Å². The van der Waals surface area contributed by atoms with Crippen LogP contribution in [0.25, 0.3) is 0 Å². The molecule has 9 heteroatoms. The minimum Gasteiger partial charge on any atom is -0.374 e. The van der Waals surface area contributed by atoms with Gasteiger partial charge in [-0.2, -0.15) is 0 Å². The van der Waals surface area contributed by atoms with E-state index in [1.54, 1.807) is 0 Å². The molecule has 1 saturated heterocycles. The lowest BCUT2D eigenvalue weighted by molar-refractivity contribution is -0.0292. The minimum absolute atomic E-state index is 0.00596. The van der Waals surface area contributed by atoms with Crippen LogP contribution in [0.2, 0.25) is 20.2 Å². The van der Waals surface area contributed by atoms with Crippen molar-refractivity contribution in [3.8, 4) is 0 Å². The van der Waals surface area contributed by atoms with Gasteiger partial charge in [-0.3, -0.25) is 9.69 Å². The Balaban J connectivity index is 1.57. The number of rotatable bonds is 5. The molecule has 1 unspecified atom stereocenters. The van der Waals surface area contributed by atoms with E-state index in [4.69, 9.17) is 51.1 Å². The number of carbonyl (C=O) groups excluding carboxylic acids is 1. The molecule has 5 nitrogen and oxygen atoms in total. The molecule has 1 atom stereocenters. The molecule has 144 valence electrons. The van der Waals surface area contributed by atoms with Gasteiger partial charge in [0.05, 0.1) is 27.8 Å². The smallest absolute Gasteiger partial charge is 0.271 e. The van der Waals surface area contributed by atoms with Crippen molar-refractivity contribution in [1.82, 2.24) is 15.2 Å². The minimum atomic E-state index is -0.482. The summed E-state index contributed by atoms with van der Waals surface area (Å²) in [5.41, 5.74) is 1.18. The van der Waals surface area contributed by atoms with Gasteiger partial charge in [-0.05, 0) is 5.56 Å². The molecule has 0 spiro atoms. The average Bonchev–Trinajstić information content (AvgIpc) is 2.68. The number of benzene rings is 1. The Morgan fingerprint density at radius 3 is 2.63 bits per heavy atom. The zero-order chi connectivity index (χ0) is 19.4. The fraction of sp³-hybridized carbons (Fsp3) is 0.333. The molecular weight excluding hydrogens is 432 g/mol. The van der Waals surface area contributed by atoms with Crippen LogP contribution in [0.5, 0.6) is 0 Å². The van der Waals surface area contributed by atoms with E-state index in [0.717, 1.165) is 13.1 Å². The highest BCUT2D eigenvalue weighted by Gasteiger charge is 2.24. The predicted octanol–water partition coefficient (Wildman–Crippen LogP) is 4.33. The fourth-order valence-electron chi connectivity index (χ4n) is 2.82. The summed E-state index contributed by atoms with van der Waals surface area (Å²) in [7, 11) is 0. The zero-order valence-electron chi connectivity index (χ0n) is 14.2. The summed E-state index contributed by atoms with van der Waals surface area (Å²) in [4.78, 5) is 18.6. The third-order valence-electron chi connectivity index (χ3n) is 4.16. The van der Waals surface area contributed by atoms with Crippen LogP contribution in [0.4, 0.5) is 0 Å². The lowest BCUT2D eigenvalue weighted by Gasteiger charge is -2.33. The molecule has 0 aliphatic carbocycles. The van der Waals surface area contributed by atoms with Crippen molar-refractivity contribution in [2.75, 3.05) is 26.2 Å². The first kappa shape index (κ1) is 20.6. The Kier molecular flexibility index (Phi) is 7.20. The topological polar surface area (TPSA) is 54.5 Å². The van der Waals surface area contributed by atoms with Gasteiger partial charge < -0.3 is 10.1 Å². The number of morpholine rings is 1. The third-order valence-corrected chi connectivity index (χ3v) is 5.84. The van der Waals surface area contributed by atoms with E-state index in [1.165, 1.54) is 5.56 Å². The van der Waals surface area contributed by atoms with Gasteiger partial charge in [0.25, 0.3) is 5.91 Å². The van der Waals surface area contributed by atoms with Crippen LogP contribution in [0, 0.1) is 0 Å². The quantitative estimate of drug-likeness (QED) is 0.691. The van der Waals surface area contributed by atoms with Crippen molar-refractivity contribution in [2.45, 2.75) is 12.6 Å². The van der Waals surface area contributed by atoms with Gasteiger partial charge >= 0.3 is 0 Å². The van der Waals surface area contributed by atoms with Gasteiger partial charge in [-0.1, -0.05) is 76.7 Å². The number of ether oxygens (including phenoxy) is 1. The summed E-state index contributed by atoms with van der Waals surface area (Å²) in [5, 5.41) is 2.70. The molecule has 0 radical (unpaired) electrons. The molecule has 1 fully saturated rings. The van der Waals surface area contributed by atoms with Crippen molar-refractivity contribution < 1.29 is 9.53 Å². The number of carbonyl (C=O) groups is 1. The zero-order valence-corrected chi connectivity index (χ0v) is 17.2. The molecule has 1 aromatic carbocycles. The third kappa shape index (κ3) is 5.25. The molecule has 1 aliphatic rings. The monoisotopic (exact) mass is 447 g/mol. The lowest BCUT2D eigenvalue weighted by atomic mass is 10.2. The van der Waals surface area contributed by atoms with Gasteiger partial charge in [-0.25, -0.2) is 4.98 Å². The molecule has 3 rings (SSSR count). The number of aromatic nitrogens is 1. The van der Waals surface area contributed by atoms with Crippen molar-refractivity contribution in [3.05, 3.63) is 61.8 Å². The largest absolute Gasteiger partial charge is 0.374 e. The molecule has 2 heterocycles. The summed E-state index contributed by atoms with van der Waals surface area (Å²) < 4.78 is 5.75. The molecule has 27 heavy (non-hydrogen) atoms. The molecule has 1 aliphatic heterocycles. The van der Waals surface area contributed by atoms with Gasteiger partial charge in [0.1, 0.15) is 10.8 Å². The Bertz CT molecular complexity index is 820. The van der Waals surface area contributed by atoms with Crippen LogP contribution < -0.4 is 5.32 Å². The summed E-state index contributed by atoms with van der Waals surface area (Å²) in [6, 6.07) is 10.2. The molecule has 1 amide bonds. The van der Waals surface area contributed by atoms with Crippen molar-refractivity contribution in [3.63, 3.8) is 0 Å². The molecule has 1 N–H and O–H groups in total. The van der Waals surface area contributed by atoms with Gasteiger partial charge in [0, 0.05) is 26.2 Å². The van der Waals surface area contributed by atoms with Crippen LogP contribution in [0.3, 0.4) is 0 Å². The number of pyridine rings is 1. The van der Waals surface area contributed by atoms with E-state index < -0.39 is 5.91 Å². The second-order valence-electron chi connectivity index (χ2n) is 6.12. The van der Waals surface area contributed by atoms with Crippen LogP contribution in [0.1, 0.15) is 16.1 Å². The number of nitrogens with zero attached hydrogens (tertiary/aromatic N) is 2. The van der Waals surface area contributed by atoms with E-state index in [0.29, 0.717) is 19.7 Å². The first-order valence-corrected chi connectivity index (χ1v) is 9.83. The SMILES string of the molecule is O=C(NCC1CN(Cc2ccccc2)CCO1)c1nc(Cl)c(Cl)c(Cl)c1Cl. The number of hydrogen-bond donors (Lipinski definition) is 1. The Hall–Kier alpha value is -1.08. The van der Waals surface area contributed by atoms with Crippen LogP contribution in [-0.2, 0) is 11.3 Å². The maximum Gasteiger partial charge on any atom is 0.271 e. The van der Waals surface area contributed by atoms with E-state index >= 15 is 0 Å². The van der Waals surface area contributed by atoms with Crippen LogP contribution in [-0.4, -0.2) is 48.1 Å². The maximum atomic E-state index is 12.4. The normalized spacial score (nSPS) is 17.7. The highest BCUT2D eigenvalue weighted by Crippen LogP contribution is 2.36. The summed E-state index contributed by atoms with van der Waals surface area (Å²) in [6.45, 7) is 3.31. The molecule has 0 bridgehead atoms.